The van der Waals surface area contributed by atoms with E-state index in [0.29, 0.717) is 0 Å². The lowest BCUT2D eigenvalue weighted by atomic mass is 9.95. The molecule has 0 aromatic carbocycles. The van der Waals surface area contributed by atoms with Crippen LogP contribution in [0, 0.1) is 5.92 Å². The molecule has 4 heteroatoms. The zero-order valence-corrected chi connectivity index (χ0v) is 12.9. The van der Waals surface area contributed by atoms with E-state index < -0.39 is 0 Å². The summed E-state index contributed by atoms with van der Waals surface area (Å²) in [5.74, 6) is 0.206. The quantitative estimate of drug-likeness (QED) is 0.390. The number of ether oxygens (including phenoxy) is 3. The number of rotatable bonds is 14. The van der Waals surface area contributed by atoms with Gasteiger partial charge in [-0.1, -0.05) is 46.0 Å². The normalized spacial score (nSPS) is 14.5. The Morgan fingerprint density at radius 3 is 2.32 bits per heavy atom. The minimum Gasteiger partial charge on any atom is -0.396 e. The van der Waals surface area contributed by atoms with Gasteiger partial charge in [0.05, 0.1) is 6.10 Å². The number of unbranched alkanes of at least 4 members (excludes halogenated alkanes) is 4. The van der Waals surface area contributed by atoms with Gasteiger partial charge in [0.1, 0.15) is 13.6 Å². The highest BCUT2D eigenvalue weighted by molar-refractivity contribution is 4.68. The van der Waals surface area contributed by atoms with E-state index in [0.717, 1.165) is 19.3 Å². The topological polar surface area (TPSA) is 47.9 Å². The first-order valence-corrected chi connectivity index (χ1v) is 7.59. The van der Waals surface area contributed by atoms with Gasteiger partial charge in [0.15, 0.2) is 0 Å². The summed E-state index contributed by atoms with van der Waals surface area (Å²) in [7, 11) is 1.59. The van der Waals surface area contributed by atoms with Gasteiger partial charge in [-0.05, 0) is 12.8 Å². The Balaban J connectivity index is 3.89. The lowest BCUT2D eigenvalue weighted by molar-refractivity contribution is -0.155. The maximum absolute atomic E-state index is 9.39. The van der Waals surface area contributed by atoms with Gasteiger partial charge in [-0.3, -0.25) is 0 Å². The molecule has 0 radical (unpaired) electrons. The second-order valence-electron chi connectivity index (χ2n) is 4.99. The minimum absolute atomic E-state index is 0.0912. The Hall–Kier alpha value is -0.160. The molecule has 1 N–H and O–H groups in total. The molecule has 0 aliphatic heterocycles. The highest BCUT2D eigenvalue weighted by atomic mass is 16.7. The summed E-state index contributed by atoms with van der Waals surface area (Å²) in [5, 5.41) is 9.39. The van der Waals surface area contributed by atoms with Crippen molar-refractivity contribution in [1.29, 1.82) is 0 Å². The first kappa shape index (κ1) is 18.8. The molecule has 0 aromatic rings. The number of hydrogen-bond acceptors (Lipinski definition) is 4. The molecule has 19 heavy (non-hydrogen) atoms. The van der Waals surface area contributed by atoms with Gasteiger partial charge in [0, 0.05) is 19.6 Å². The highest BCUT2D eigenvalue weighted by Crippen LogP contribution is 2.19. The SMILES string of the molecule is CCCCCCC[C@H](OCOCOC)[C@H](CC)CO. The third-order valence-corrected chi connectivity index (χ3v) is 3.44. The number of hydrogen-bond donors (Lipinski definition) is 1. The van der Waals surface area contributed by atoms with E-state index >= 15 is 0 Å². The van der Waals surface area contributed by atoms with Crippen LogP contribution in [-0.4, -0.2) is 38.5 Å². The molecule has 0 saturated heterocycles. The van der Waals surface area contributed by atoms with Crippen LogP contribution in [0.25, 0.3) is 0 Å². The third kappa shape index (κ3) is 10.3. The van der Waals surface area contributed by atoms with Crippen LogP contribution in [0.3, 0.4) is 0 Å². The fraction of sp³-hybridized carbons (Fsp3) is 1.00. The average molecular weight is 276 g/mol. The third-order valence-electron chi connectivity index (χ3n) is 3.44. The summed E-state index contributed by atoms with van der Waals surface area (Å²) < 4.78 is 15.7. The van der Waals surface area contributed by atoms with E-state index in [-0.39, 0.29) is 32.2 Å². The molecule has 0 aromatic heterocycles. The van der Waals surface area contributed by atoms with Crippen LogP contribution in [0.2, 0.25) is 0 Å². The first-order valence-electron chi connectivity index (χ1n) is 7.59. The van der Waals surface area contributed by atoms with E-state index in [1.54, 1.807) is 7.11 Å². The summed E-state index contributed by atoms with van der Waals surface area (Å²) in [5.41, 5.74) is 0. The van der Waals surface area contributed by atoms with Gasteiger partial charge >= 0.3 is 0 Å². The molecule has 0 aliphatic carbocycles. The lowest BCUT2D eigenvalue weighted by Crippen LogP contribution is -2.27. The maximum atomic E-state index is 9.39. The molecule has 0 spiro atoms. The molecular weight excluding hydrogens is 244 g/mol. The van der Waals surface area contributed by atoms with E-state index in [9.17, 15) is 5.11 Å². The molecule has 2 atom stereocenters. The summed E-state index contributed by atoms with van der Waals surface area (Å²) in [4.78, 5) is 0. The summed E-state index contributed by atoms with van der Waals surface area (Å²) >= 11 is 0. The molecule has 0 saturated carbocycles. The van der Waals surface area contributed by atoms with Crippen molar-refractivity contribution < 1.29 is 19.3 Å². The van der Waals surface area contributed by atoms with Crippen LogP contribution < -0.4 is 0 Å². The first-order chi connectivity index (χ1) is 9.29. The number of aliphatic hydroxyl groups excluding tert-OH is 1. The van der Waals surface area contributed by atoms with E-state index in [1.165, 1.54) is 25.7 Å². The van der Waals surface area contributed by atoms with Gasteiger partial charge in [0.25, 0.3) is 0 Å². The van der Waals surface area contributed by atoms with E-state index in [1.807, 2.05) is 0 Å². The zero-order chi connectivity index (χ0) is 14.3. The Bertz CT molecular complexity index is 172. The van der Waals surface area contributed by atoms with Crippen molar-refractivity contribution in [2.45, 2.75) is 64.9 Å². The Morgan fingerprint density at radius 2 is 1.74 bits per heavy atom. The minimum atomic E-state index is 0.0912. The van der Waals surface area contributed by atoms with Crippen molar-refractivity contribution in [2.75, 3.05) is 27.3 Å². The van der Waals surface area contributed by atoms with Crippen molar-refractivity contribution in [2.24, 2.45) is 5.92 Å². The molecule has 0 bridgehead atoms. The number of aliphatic hydroxyl groups is 1. The summed E-state index contributed by atoms with van der Waals surface area (Å²) in [6.45, 7) is 4.98. The second kappa shape index (κ2) is 14.3. The van der Waals surface area contributed by atoms with Crippen LogP contribution in [0.4, 0.5) is 0 Å². The second-order valence-corrected chi connectivity index (χ2v) is 4.99. The largest absolute Gasteiger partial charge is 0.396 e. The predicted molar refractivity (Wildman–Crippen MR) is 76.9 cm³/mol. The van der Waals surface area contributed by atoms with Crippen molar-refractivity contribution in [3.63, 3.8) is 0 Å². The predicted octanol–water partition coefficient (Wildman–Crippen LogP) is 3.33. The Kier molecular flexibility index (Phi) is 14.1. The fourth-order valence-corrected chi connectivity index (χ4v) is 2.17. The van der Waals surface area contributed by atoms with Crippen LogP contribution in [0.1, 0.15) is 58.8 Å². The molecular formula is C15H32O4. The van der Waals surface area contributed by atoms with E-state index in [4.69, 9.17) is 14.2 Å². The zero-order valence-electron chi connectivity index (χ0n) is 12.9. The van der Waals surface area contributed by atoms with Gasteiger partial charge in [0.2, 0.25) is 0 Å². The highest BCUT2D eigenvalue weighted by Gasteiger charge is 2.19. The van der Waals surface area contributed by atoms with Crippen LogP contribution in [0.15, 0.2) is 0 Å². The van der Waals surface area contributed by atoms with Crippen LogP contribution in [0.5, 0.6) is 0 Å². The molecule has 0 fully saturated rings. The summed E-state index contributed by atoms with van der Waals surface area (Å²) in [6.07, 6.45) is 8.28. The standard InChI is InChI=1S/C15H32O4/c1-4-6-7-8-9-10-15(14(5-2)11-16)19-13-18-12-17-3/h14-16H,4-13H2,1-3H3/t14-,15+/m1/s1. The Labute approximate surface area is 118 Å². The van der Waals surface area contributed by atoms with Crippen molar-refractivity contribution in [1.82, 2.24) is 0 Å². The van der Waals surface area contributed by atoms with Gasteiger partial charge in [-0.2, -0.15) is 0 Å². The van der Waals surface area contributed by atoms with Crippen molar-refractivity contribution in [3.8, 4) is 0 Å². The molecule has 0 rings (SSSR count). The maximum Gasteiger partial charge on any atom is 0.149 e. The van der Waals surface area contributed by atoms with Crippen LogP contribution >= 0.6 is 0 Å². The van der Waals surface area contributed by atoms with Gasteiger partial charge in [-0.25, -0.2) is 0 Å². The molecule has 0 amide bonds. The molecule has 0 heterocycles. The van der Waals surface area contributed by atoms with Gasteiger partial charge in [-0.15, -0.1) is 0 Å². The fourth-order valence-electron chi connectivity index (χ4n) is 2.17. The smallest absolute Gasteiger partial charge is 0.149 e. The lowest BCUT2D eigenvalue weighted by Gasteiger charge is -2.25. The molecule has 0 unspecified atom stereocenters. The van der Waals surface area contributed by atoms with Crippen LogP contribution in [-0.2, 0) is 14.2 Å². The molecule has 4 nitrogen and oxygen atoms in total. The van der Waals surface area contributed by atoms with Crippen molar-refractivity contribution >= 4 is 0 Å². The van der Waals surface area contributed by atoms with E-state index in [2.05, 4.69) is 13.8 Å². The van der Waals surface area contributed by atoms with Crippen molar-refractivity contribution in [3.05, 3.63) is 0 Å². The molecule has 116 valence electrons. The Morgan fingerprint density at radius 1 is 1.00 bits per heavy atom. The average Bonchev–Trinajstić information content (AvgIpc) is 2.43. The monoisotopic (exact) mass is 276 g/mol. The number of methoxy groups -OCH3 is 1. The van der Waals surface area contributed by atoms with Gasteiger partial charge < -0.3 is 19.3 Å². The molecule has 0 aliphatic rings. The summed E-state index contributed by atoms with van der Waals surface area (Å²) in [6, 6.07) is 0.